The van der Waals surface area contributed by atoms with Crippen LogP contribution in [-0.2, 0) is 7.05 Å². The summed E-state index contributed by atoms with van der Waals surface area (Å²) < 4.78 is 2.79. The first-order valence-electron chi connectivity index (χ1n) is 5.44. The Kier molecular flexibility index (Phi) is 3.35. The molecule has 1 saturated heterocycles. The van der Waals surface area contributed by atoms with E-state index in [1.807, 2.05) is 28.8 Å². The standard InChI is InChI=1S/C11H16BrN3O/c1-14-7-8(12)6-10(14)11(16)15-4-2-9(13)3-5-15/h6-7,9H,2-5,13H2,1H3. The number of aryl methyl sites for hydroxylation is 1. The zero-order valence-corrected chi connectivity index (χ0v) is 10.9. The number of hydrogen-bond donors (Lipinski definition) is 1. The molecule has 88 valence electrons. The van der Waals surface area contributed by atoms with Crippen molar-refractivity contribution >= 4 is 21.8 Å². The van der Waals surface area contributed by atoms with Gasteiger partial charge in [-0.15, -0.1) is 0 Å². The van der Waals surface area contributed by atoms with Crippen LogP contribution in [0.5, 0.6) is 0 Å². The molecule has 16 heavy (non-hydrogen) atoms. The van der Waals surface area contributed by atoms with Gasteiger partial charge in [0.25, 0.3) is 5.91 Å². The molecule has 0 saturated carbocycles. The summed E-state index contributed by atoms with van der Waals surface area (Å²) in [6.45, 7) is 1.53. The molecule has 2 rings (SSSR count). The zero-order chi connectivity index (χ0) is 11.7. The van der Waals surface area contributed by atoms with Crippen molar-refractivity contribution in [2.45, 2.75) is 18.9 Å². The predicted molar refractivity (Wildman–Crippen MR) is 66.2 cm³/mol. The molecule has 0 spiro atoms. The Bertz CT molecular complexity index is 394. The smallest absolute Gasteiger partial charge is 0.270 e. The highest BCUT2D eigenvalue weighted by molar-refractivity contribution is 9.10. The maximum Gasteiger partial charge on any atom is 0.270 e. The van der Waals surface area contributed by atoms with E-state index in [1.165, 1.54) is 0 Å². The van der Waals surface area contributed by atoms with Crippen LogP contribution < -0.4 is 5.73 Å². The Morgan fingerprint density at radius 2 is 2.12 bits per heavy atom. The minimum atomic E-state index is 0.0973. The Morgan fingerprint density at radius 1 is 1.50 bits per heavy atom. The number of rotatable bonds is 1. The molecule has 0 radical (unpaired) electrons. The third-order valence-corrected chi connectivity index (χ3v) is 3.45. The third-order valence-electron chi connectivity index (χ3n) is 3.02. The van der Waals surface area contributed by atoms with E-state index < -0.39 is 0 Å². The van der Waals surface area contributed by atoms with Gasteiger partial charge in [-0.25, -0.2) is 0 Å². The monoisotopic (exact) mass is 285 g/mol. The molecule has 0 atom stereocenters. The number of carbonyl (C=O) groups is 1. The quantitative estimate of drug-likeness (QED) is 0.847. The Hall–Kier alpha value is -0.810. The second-order valence-corrected chi connectivity index (χ2v) is 5.20. The van der Waals surface area contributed by atoms with Crippen molar-refractivity contribution in [3.05, 3.63) is 22.4 Å². The van der Waals surface area contributed by atoms with Gasteiger partial charge in [-0.1, -0.05) is 0 Å². The van der Waals surface area contributed by atoms with Crippen LogP contribution in [0.3, 0.4) is 0 Å². The van der Waals surface area contributed by atoms with E-state index in [1.54, 1.807) is 0 Å². The van der Waals surface area contributed by atoms with Gasteiger partial charge in [-0.05, 0) is 34.8 Å². The SMILES string of the molecule is Cn1cc(Br)cc1C(=O)N1CCC(N)CC1. The maximum absolute atomic E-state index is 12.2. The van der Waals surface area contributed by atoms with Crippen molar-refractivity contribution < 1.29 is 4.79 Å². The van der Waals surface area contributed by atoms with Gasteiger partial charge in [-0.3, -0.25) is 4.79 Å². The topological polar surface area (TPSA) is 51.3 Å². The summed E-state index contributed by atoms with van der Waals surface area (Å²) in [6, 6.07) is 2.11. The van der Waals surface area contributed by atoms with Crippen LogP contribution in [0.4, 0.5) is 0 Å². The average Bonchev–Trinajstić information content (AvgIpc) is 2.58. The molecule has 0 unspecified atom stereocenters. The van der Waals surface area contributed by atoms with E-state index in [4.69, 9.17) is 5.73 Å². The molecule has 2 heterocycles. The van der Waals surface area contributed by atoms with E-state index in [-0.39, 0.29) is 11.9 Å². The number of nitrogens with zero attached hydrogens (tertiary/aromatic N) is 2. The predicted octanol–water partition coefficient (Wildman–Crippen LogP) is 1.35. The van der Waals surface area contributed by atoms with Crippen LogP contribution in [-0.4, -0.2) is 34.5 Å². The lowest BCUT2D eigenvalue weighted by Gasteiger charge is -2.30. The van der Waals surface area contributed by atoms with Crippen molar-refractivity contribution in [2.24, 2.45) is 12.8 Å². The van der Waals surface area contributed by atoms with Crippen molar-refractivity contribution in [3.63, 3.8) is 0 Å². The fraction of sp³-hybridized carbons (Fsp3) is 0.545. The molecule has 1 aliphatic rings. The number of piperidine rings is 1. The Morgan fingerprint density at radius 3 is 2.62 bits per heavy atom. The van der Waals surface area contributed by atoms with Gasteiger partial charge in [0.2, 0.25) is 0 Å². The van der Waals surface area contributed by atoms with Gasteiger partial charge in [0.1, 0.15) is 5.69 Å². The highest BCUT2D eigenvalue weighted by Crippen LogP contribution is 2.17. The summed E-state index contributed by atoms with van der Waals surface area (Å²) >= 11 is 3.37. The largest absolute Gasteiger partial charge is 0.345 e. The molecule has 1 aromatic heterocycles. The number of likely N-dealkylation sites (tertiary alicyclic amines) is 1. The molecule has 1 amide bonds. The summed E-state index contributed by atoms with van der Waals surface area (Å²) in [6.07, 6.45) is 3.69. The minimum Gasteiger partial charge on any atom is -0.345 e. The van der Waals surface area contributed by atoms with Gasteiger partial charge in [-0.2, -0.15) is 0 Å². The molecular formula is C11H16BrN3O. The number of amides is 1. The summed E-state index contributed by atoms with van der Waals surface area (Å²) in [5.41, 5.74) is 6.54. The minimum absolute atomic E-state index is 0.0973. The van der Waals surface area contributed by atoms with Gasteiger partial charge in [0.05, 0.1) is 0 Å². The summed E-state index contributed by atoms with van der Waals surface area (Å²) in [5.74, 6) is 0.0973. The second kappa shape index (κ2) is 4.59. The second-order valence-electron chi connectivity index (χ2n) is 4.28. The lowest BCUT2D eigenvalue weighted by Crippen LogP contribution is -2.43. The van der Waals surface area contributed by atoms with Crippen LogP contribution in [0.1, 0.15) is 23.3 Å². The van der Waals surface area contributed by atoms with Gasteiger partial charge in [0.15, 0.2) is 0 Å². The molecule has 1 fully saturated rings. The molecule has 1 aliphatic heterocycles. The normalized spacial score (nSPS) is 17.8. The molecule has 4 nitrogen and oxygen atoms in total. The number of aromatic nitrogens is 1. The van der Waals surface area contributed by atoms with Crippen LogP contribution in [0.2, 0.25) is 0 Å². The molecule has 0 aliphatic carbocycles. The molecule has 0 bridgehead atoms. The van der Waals surface area contributed by atoms with Crippen molar-refractivity contribution in [3.8, 4) is 0 Å². The zero-order valence-electron chi connectivity index (χ0n) is 9.32. The Balaban J connectivity index is 2.10. The molecule has 1 aromatic rings. The van der Waals surface area contributed by atoms with E-state index in [0.29, 0.717) is 0 Å². The van der Waals surface area contributed by atoms with Crippen molar-refractivity contribution in [2.75, 3.05) is 13.1 Å². The van der Waals surface area contributed by atoms with Crippen molar-refractivity contribution in [1.82, 2.24) is 9.47 Å². The highest BCUT2D eigenvalue weighted by atomic mass is 79.9. The number of nitrogens with two attached hydrogens (primary N) is 1. The Labute approximate surface area is 104 Å². The lowest BCUT2D eigenvalue weighted by atomic mass is 10.1. The van der Waals surface area contributed by atoms with E-state index in [0.717, 1.165) is 36.1 Å². The fourth-order valence-electron chi connectivity index (χ4n) is 2.00. The highest BCUT2D eigenvalue weighted by Gasteiger charge is 2.23. The van der Waals surface area contributed by atoms with E-state index in [9.17, 15) is 4.79 Å². The lowest BCUT2D eigenvalue weighted by molar-refractivity contribution is 0.0705. The average molecular weight is 286 g/mol. The molecule has 2 N–H and O–H groups in total. The number of carbonyl (C=O) groups excluding carboxylic acids is 1. The van der Waals surface area contributed by atoms with Crippen molar-refractivity contribution in [1.29, 1.82) is 0 Å². The molecular weight excluding hydrogens is 270 g/mol. The number of halogens is 1. The first-order valence-corrected chi connectivity index (χ1v) is 6.24. The first kappa shape index (κ1) is 11.7. The van der Waals surface area contributed by atoms with Gasteiger partial charge >= 0.3 is 0 Å². The summed E-state index contributed by atoms with van der Waals surface area (Å²) in [7, 11) is 1.88. The van der Waals surface area contributed by atoms with Gasteiger partial charge in [0, 0.05) is 36.8 Å². The molecule has 5 heteroatoms. The number of hydrogen-bond acceptors (Lipinski definition) is 2. The van der Waals surface area contributed by atoms with Crippen LogP contribution in [0.25, 0.3) is 0 Å². The maximum atomic E-state index is 12.2. The van der Waals surface area contributed by atoms with Crippen LogP contribution in [0.15, 0.2) is 16.7 Å². The third kappa shape index (κ3) is 2.30. The van der Waals surface area contributed by atoms with Crippen LogP contribution >= 0.6 is 15.9 Å². The first-order chi connectivity index (χ1) is 7.58. The summed E-state index contributed by atoms with van der Waals surface area (Å²) in [4.78, 5) is 14.1. The summed E-state index contributed by atoms with van der Waals surface area (Å²) in [5, 5.41) is 0. The van der Waals surface area contributed by atoms with Gasteiger partial charge < -0.3 is 15.2 Å². The van der Waals surface area contributed by atoms with E-state index >= 15 is 0 Å². The van der Waals surface area contributed by atoms with Crippen LogP contribution in [0, 0.1) is 0 Å². The van der Waals surface area contributed by atoms with E-state index in [2.05, 4.69) is 15.9 Å². The fourth-order valence-corrected chi connectivity index (χ4v) is 2.53. The molecule has 0 aromatic carbocycles.